The quantitative estimate of drug-likeness (QED) is 0.882. The zero-order valence-electron chi connectivity index (χ0n) is 11.0. The van der Waals surface area contributed by atoms with E-state index in [0.29, 0.717) is 0 Å². The molecule has 1 fully saturated rings. The fourth-order valence-corrected chi connectivity index (χ4v) is 2.68. The van der Waals surface area contributed by atoms with E-state index in [1.165, 1.54) is 0 Å². The van der Waals surface area contributed by atoms with Gasteiger partial charge in [-0.05, 0) is 44.0 Å². The van der Waals surface area contributed by atoms with Gasteiger partial charge in [0.25, 0.3) is 0 Å². The van der Waals surface area contributed by atoms with E-state index in [4.69, 9.17) is 0 Å². The molecule has 1 heterocycles. The number of hydrogen-bond acceptors (Lipinski definition) is 2. The van der Waals surface area contributed by atoms with Crippen LogP contribution in [0.25, 0.3) is 0 Å². The summed E-state index contributed by atoms with van der Waals surface area (Å²) in [6.07, 6.45) is 2.08. The molecule has 0 spiro atoms. The molecule has 1 aromatic carbocycles. The maximum absolute atomic E-state index is 12.1. The number of rotatable bonds is 3. The summed E-state index contributed by atoms with van der Waals surface area (Å²) in [6, 6.07) is 8.11. The van der Waals surface area contributed by atoms with E-state index in [1.54, 1.807) is 0 Å². The van der Waals surface area contributed by atoms with E-state index in [1.807, 2.05) is 31.2 Å². The molecule has 5 heteroatoms. The Kier molecular flexibility index (Phi) is 6.83. The molecule has 19 heavy (non-hydrogen) atoms. The van der Waals surface area contributed by atoms with Crippen molar-refractivity contribution in [1.29, 1.82) is 0 Å². The van der Waals surface area contributed by atoms with Crippen molar-refractivity contribution in [3.05, 3.63) is 34.3 Å². The first-order valence-electron chi connectivity index (χ1n) is 6.43. The lowest BCUT2D eigenvalue weighted by Gasteiger charge is -2.24. The second kappa shape index (κ2) is 7.88. The molecule has 106 valence electrons. The van der Waals surface area contributed by atoms with E-state index in [0.717, 1.165) is 36.0 Å². The number of carbonyl (C=O) groups is 1. The number of hydrogen-bond donors (Lipinski definition) is 2. The first kappa shape index (κ1) is 16.5. The monoisotopic (exact) mass is 346 g/mol. The van der Waals surface area contributed by atoms with Gasteiger partial charge < -0.3 is 10.6 Å². The van der Waals surface area contributed by atoms with Crippen LogP contribution in [0.2, 0.25) is 0 Å². The van der Waals surface area contributed by atoms with E-state index >= 15 is 0 Å². The lowest BCUT2D eigenvalue weighted by atomic mass is 9.98. The molecule has 2 N–H and O–H groups in total. The third kappa shape index (κ3) is 4.79. The van der Waals surface area contributed by atoms with Crippen LogP contribution in [0.5, 0.6) is 0 Å². The molecule has 1 aliphatic heterocycles. The molecule has 0 radical (unpaired) electrons. The van der Waals surface area contributed by atoms with Crippen LogP contribution in [0, 0.1) is 5.92 Å². The van der Waals surface area contributed by atoms with Crippen LogP contribution in [0.3, 0.4) is 0 Å². The highest BCUT2D eigenvalue weighted by atomic mass is 79.9. The minimum absolute atomic E-state index is 0. The summed E-state index contributed by atoms with van der Waals surface area (Å²) in [5.74, 6) is 0.281. The molecule has 1 aromatic rings. The van der Waals surface area contributed by atoms with Crippen molar-refractivity contribution in [2.24, 2.45) is 5.92 Å². The van der Waals surface area contributed by atoms with E-state index in [9.17, 15) is 4.79 Å². The summed E-state index contributed by atoms with van der Waals surface area (Å²) >= 11 is 3.45. The Labute approximate surface area is 129 Å². The molecule has 0 bridgehead atoms. The molecule has 1 aliphatic rings. The van der Waals surface area contributed by atoms with Gasteiger partial charge in [0.05, 0.1) is 12.0 Å². The standard InChI is InChI=1S/C14H19BrN2O.ClH/c1-10(11-4-2-6-13(15)8-11)17-14(18)12-5-3-7-16-9-12;/h2,4,6,8,10,12,16H,3,5,7,9H2,1H3,(H,17,18);1H/t10?,12-;/m1./s1. The maximum Gasteiger partial charge on any atom is 0.224 e. The van der Waals surface area contributed by atoms with Gasteiger partial charge in [0, 0.05) is 11.0 Å². The van der Waals surface area contributed by atoms with Gasteiger partial charge in [0.1, 0.15) is 0 Å². The first-order valence-corrected chi connectivity index (χ1v) is 7.22. The number of nitrogens with one attached hydrogen (secondary N) is 2. The van der Waals surface area contributed by atoms with Gasteiger partial charge in [-0.1, -0.05) is 28.1 Å². The lowest BCUT2D eigenvalue weighted by Crippen LogP contribution is -2.41. The molecule has 1 amide bonds. The van der Waals surface area contributed by atoms with Crippen molar-refractivity contribution in [3.63, 3.8) is 0 Å². The second-order valence-corrected chi connectivity index (χ2v) is 5.74. The van der Waals surface area contributed by atoms with Crippen molar-refractivity contribution in [3.8, 4) is 0 Å². The summed E-state index contributed by atoms with van der Waals surface area (Å²) in [5, 5.41) is 6.36. The number of benzene rings is 1. The Morgan fingerprint density at radius 1 is 1.53 bits per heavy atom. The summed E-state index contributed by atoms with van der Waals surface area (Å²) in [4.78, 5) is 12.1. The summed E-state index contributed by atoms with van der Waals surface area (Å²) in [7, 11) is 0. The van der Waals surface area contributed by atoms with Crippen molar-refractivity contribution >= 4 is 34.2 Å². The zero-order chi connectivity index (χ0) is 13.0. The average molecular weight is 348 g/mol. The van der Waals surface area contributed by atoms with Crippen LogP contribution in [0.15, 0.2) is 28.7 Å². The Hall–Kier alpha value is -0.580. The fraction of sp³-hybridized carbons (Fsp3) is 0.500. The van der Waals surface area contributed by atoms with Crippen LogP contribution in [0.4, 0.5) is 0 Å². The predicted octanol–water partition coefficient (Wildman–Crippen LogP) is 3.05. The molecular formula is C14H20BrClN2O. The molecule has 1 saturated heterocycles. The highest BCUT2D eigenvalue weighted by molar-refractivity contribution is 9.10. The van der Waals surface area contributed by atoms with E-state index in [2.05, 4.69) is 26.6 Å². The highest BCUT2D eigenvalue weighted by Crippen LogP contribution is 2.19. The molecule has 0 saturated carbocycles. The van der Waals surface area contributed by atoms with E-state index in [-0.39, 0.29) is 30.3 Å². The minimum atomic E-state index is 0. The Morgan fingerprint density at radius 3 is 2.95 bits per heavy atom. The van der Waals surface area contributed by atoms with Gasteiger partial charge in [-0.25, -0.2) is 0 Å². The third-order valence-corrected chi connectivity index (χ3v) is 3.87. The smallest absolute Gasteiger partial charge is 0.224 e. The Balaban J connectivity index is 0.00000180. The summed E-state index contributed by atoms with van der Waals surface area (Å²) in [6.45, 7) is 3.86. The summed E-state index contributed by atoms with van der Waals surface area (Å²) < 4.78 is 1.04. The molecule has 2 rings (SSSR count). The van der Waals surface area contributed by atoms with Gasteiger partial charge in [0.15, 0.2) is 0 Å². The van der Waals surface area contributed by atoms with Crippen molar-refractivity contribution in [1.82, 2.24) is 10.6 Å². The Bertz CT molecular complexity index is 422. The van der Waals surface area contributed by atoms with Crippen LogP contribution >= 0.6 is 28.3 Å². The third-order valence-electron chi connectivity index (χ3n) is 3.38. The minimum Gasteiger partial charge on any atom is -0.349 e. The predicted molar refractivity (Wildman–Crippen MR) is 83.5 cm³/mol. The highest BCUT2D eigenvalue weighted by Gasteiger charge is 2.22. The van der Waals surface area contributed by atoms with Crippen molar-refractivity contribution in [2.45, 2.75) is 25.8 Å². The average Bonchev–Trinajstić information content (AvgIpc) is 2.39. The number of carbonyl (C=O) groups excluding carboxylic acids is 1. The molecule has 2 atom stereocenters. The zero-order valence-corrected chi connectivity index (χ0v) is 13.4. The van der Waals surface area contributed by atoms with Crippen LogP contribution in [-0.2, 0) is 4.79 Å². The van der Waals surface area contributed by atoms with Crippen molar-refractivity contribution < 1.29 is 4.79 Å². The van der Waals surface area contributed by atoms with Gasteiger partial charge in [-0.15, -0.1) is 12.4 Å². The van der Waals surface area contributed by atoms with Gasteiger partial charge in [-0.3, -0.25) is 4.79 Å². The van der Waals surface area contributed by atoms with Crippen molar-refractivity contribution in [2.75, 3.05) is 13.1 Å². The molecule has 3 nitrogen and oxygen atoms in total. The number of amides is 1. The molecule has 1 unspecified atom stereocenters. The molecule has 0 aliphatic carbocycles. The van der Waals surface area contributed by atoms with Gasteiger partial charge >= 0.3 is 0 Å². The topological polar surface area (TPSA) is 41.1 Å². The fourth-order valence-electron chi connectivity index (χ4n) is 2.27. The largest absolute Gasteiger partial charge is 0.349 e. The summed E-state index contributed by atoms with van der Waals surface area (Å²) in [5.41, 5.74) is 1.13. The van der Waals surface area contributed by atoms with Gasteiger partial charge in [0.2, 0.25) is 5.91 Å². The Morgan fingerprint density at radius 2 is 2.32 bits per heavy atom. The SMILES string of the molecule is CC(NC(=O)[C@@H]1CCCNC1)c1cccc(Br)c1.Cl. The molecular weight excluding hydrogens is 328 g/mol. The molecule has 0 aromatic heterocycles. The normalized spacial score (nSPS) is 20.2. The van der Waals surface area contributed by atoms with Crippen LogP contribution in [-0.4, -0.2) is 19.0 Å². The van der Waals surface area contributed by atoms with Crippen LogP contribution < -0.4 is 10.6 Å². The maximum atomic E-state index is 12.1. The number of piperidine rings is 1. The van der Waals surface area contributed by atoms with E-state index < -0.39 is 0 Å². The second-order valence-electron chi connectivity index (χ2n) is 4.83. The number of halogens is 2. The van der Waals surface area contributed by atoms with Crippen LogP contribution in [0.1, 0.15) is 31.4 Å². The first-order chi connectivity index (χ1) is 8.66. The van der Waals surface area contributed by atoms with Gasteiger partial charge in [-0.2, -0.15) is 0 Å². The lowest BCUT2D eigenvalue weighted by molar-refractivity contribution is -0.126.